The first kappa shape index (κ1) is 23.4. The first-order valence-corrected chi connectivity index (χ1v) is 10.1. The summed E-state index contributed by atoms with van der Waals surface area (Å²) in [6.07, 6.45) is 2.80. The third-order valence-corrected chi connectivity index (χ3v) is 4.32. The van der Waals surface area contributed by atoms with Gasteiger partial charge in [-0.05, 0) is 38.2 Å². The number of para-hydroxylation sites is 2. The fourth-order valence-electron chi connectivity index (χ4n) is 2.73. The van der Waals surface area contributed by atoms with Gasteiger partial charge in [0.1, 0.15) is 6.61 Å². The lowest BCUT2D eigenvalue weighted by Gasteiger charge is -2.17. The van der Waals surface area contributed by atoms with E-state index in [0.29, 0.717) is 31.3 Å². The molecule has 0 saturated heterocycles. The van der Waals surface area contributed by atoms with E-state index in [9.17, 15) is 4.79 Å². The molecule has 0 bridgehead atoms. The van der Waals surface area contributed by atoms with Crippen molar-refractivity contribution >= 4 is 11.9 Å². The highest BCUT2D eigenvalue weighted by Crippen LogP contribution is 2.25. The molecule has 1 aromatic heterocycles. The number of anilines is 1. The SMILES string of the molecule is COc1ccccc1OCCN(C)CCCNc1nccc(CC(=O)NCCN)n1. The number of nitrogens with one attached hydrogen (secondary N) is 2. The molecule has 164 valence electrons. The Morgan fingerprint density at radius 3 is 2.73 bits per heavy atom. The Bertz CT molecular complexity index is 774. The maximum Gasteiger partial charge on any atom is 0.226 e. The molecule has 30 heavy (non-hydrogen) atoms. The molecule has 9 heteroatoms. The van der Waals surface area contributed by atoms with E-state index in [2.05, 4.69) is 32.5 Å². The molecule has 9 nitrogen and oxygen atoms in total. The molecule has 4 N–H and O–H groups in total. The van der Waals surface area contributed by atoms with Crippen molar-refractivity contribution in [2.75, 3.05) is 58.8 Å². The fraction of sp³-hybridized carbons (Fsp3) is 0.476. The number of ether oxygens (including phenoxy) is 2. The van der Waals surface area contributed by atoms with E-state index < -0.39 is 0 Å². The third-order valence-electron chi connectivity index (χ3n) is 4.32. The van der Waals surface area contributed by atoms with Crippen molar-refractivity contribution in [1.29, 1.82) is 0 Å². The molecule has 0 atom stereocenters. The Kier molecular flexibility index (Phi) is 10.4. The molecular weight excluding hydrogens is 384 g/mol. The standard InChI is InChI=1S/C21H32N6O3/c1-27(14-15-30-19-7-4-3-6-18(19)29-2)13-5-10-24-21-25-11-8-17(26-21)16-20(28)23-12-9-22/h3-4,6-8,11H,5,9-10,12-16,22H2,1-2H3,(H,23,28)(H,24,25,26). The van der Waals surface area contributed by atoms with Crippen LogP contribution in [0, 0.1) is 0 Å². The lowest BCUT2D eigenvalue weighted by Crippen LogP contribution is -2.30. The van der Waals surface area contributed by atoms with Gasteiger partial charge in [-0.25, -0.2) is 9.97 Å². The zero-order valence-corrected chi connectivity index (χ0v) is 17.8. The van der Waals surface area contributed by atoms with E-state index >= 15 is 0 Å². The number of methoxy groups -OCH3 is 1. The average Bonchev–Trinajstić information content (AvgIpc) is 2.76. The number of hydrogen-bond donors (Lipinski definition) is 3. The van der Waals surface area contributed by atoms with Crippen LogP contribution in [-0.2, 0) is 11.2 Å². The second kappa shape index (κ2) is 13.3. The van der Waals surface area contributed by atoms with Gasteiger partial charge >= 0.3 is 0 Å². The molecular formula is C21H32N6O3. The van der Waals surface area contributed by atoms with Gasteiger partial charge in [-0.3, -0.25) is 4.79 Å². The molecule has 0 aliphatic rings. The first-order chi connectivity index (χ1) is 14.6. The van der Waals surface area contributed by atoms with E-state index in [-0.39, 0.29) is 12.3 Å². The molecule has 1 heterocycles. The zero-order valence-electron chi connectivity index (χ0n) is 17.8. The van der Waals surface area contributed by atoms with Crippen LogP contribution >= 0.6 is 0 Å². The molecule has 0 aliphatic carbocycles. The minimum atomic E-state index is -0.0953. The number of rotatable bonds is 14. The molecule has 1 amide bonds. The van der Waals surface area contributed by atoms with Crippen LogP contribution < -0.4 is 25.8 Å². The summed E-state index contributed by atoms with van der Waals surface area (Å²) in [4.78, 5) is 22.5. The summed E-state index contributed by atoms with van der Waals surface area (Å²) in [7, 11) is 3.69. The predicted molar refractivity (Wildman–Crippen MR) is 117 cm³/mol. The topological polar surface area (TPSA) is 115 Å². The van der Waals surface area contributed by atoms with Crippen LogP contribution in [-0.4, -0.2) is 74.3 Å². The van der Waals surface area contributed by atoms with Crippen molar-refractivity contribution in [3.63, 3.8) is 0 Å². The zero-order chi connectivity index (χ0) is 21.6. The molecule has 2 aromatic rings. The van der Waals surface area contributed by atoms with Crippen molar-refractivity contribution < 1.29 is 14.3 Å². The summed E-state index contributed by atoms with van der Waals surface area (Å²) >= 11 is 0. The number of benzene rings is 1. The highest BCUT2D eigenvalue weighted by atomic mass is 16.5. The highest BCUT2D eigenvalue weighted by molar-refractivity contribution is 5.78. The van der Waals surface area contributed by atoms with E-state index in [1.807, 2.05) is 24.3 Å². The van der Waals surface area contributed by atoms with E-state index in [1.54, 1.807) is 19.4 Å². The Balaban J connectivity index is 1.63. The summed E-state index contributed by atoms with van der Waals surface area (Å²) < 4.78 is 11.1. The van der Waals surface area contributed by atoms with Gasteiger partial charge in [0, 0.05) is 32.4 Å². The van der Waals surface area contributed by atoms with Crippen molar-refractivity contribution in [3.05, 3.63) is 42.2 Å². The number of nitrogens with two attached hydrogens (primary N) is 1. The minimum absolute atomic E-state index is 0.0953. The first-order valence-electron chi connectivity index (χ1n) is 10.1. The lowest BCUT2D eigenvalue weighted by atomic mass is 10.3. The number of carbonyl (C=O) groups excluding carboxylic acids is 1. The number of carbonyl (C=O) groups is 1. The van der Waals surface area contributed by atoms with Crippen LogP contribution in [0.1, 0.15) is 12.1 Å². The van der Waals surface area contributed by atoms with Gasteiger partial charge in [0.25, 0.3) is 0 Å². The van der Waals surface area contributed by atoms with Gasteiger partial charge in [-0.15, -0.1) is 0 Å². The second-order valence-corrected chi connectivity index (χ2v) is 6.77. The molecule has 0 fully saturated rings. The Labute approximate surface area is 178 Å². The normalized spacial score (nSPS) is 10.7. The van der Waals surface area contributed by atoms with Crippen LogP contribution in [0.25, 0.3) is 0 Å². The summed E-state index contributed by atoms with van der Waals surface area (Å²) in [5.41, 5.74) is 6.06. The molecule has 0 spiro atoms. The Morgan fingerprint density at radius 2 is 1.97 bits per heavy atom. The average molecular weight is 417 g/mol. The van der Waals surface area contributed by atoms with Gasteiger partial charge in [0.05, 0.1) is 19.2 Å². The van der Waals surface area contributed by atoms with Crippen molar-refractivity contribution in [3.8, 4) is 11.5 Å². The number of nitrogens with zero attached hydrogens (tertiary/aromatic N) is 3. The van der Waals surface area contributed by atoms with Gasteiger partial charge in [0.15, 0.2) is 11.5 Å². The van der Waals surface area contributed by atoms with E-state index in [4.69, 9.17) is 15.2 Å². The maximum atomic E-state index is 11.8. The highest BCUT2D eigenvalue weighted by Gasteiger charge is 2.06. The van der Waals surface area contributed by atoms with Gasteiger partial charge in [0.2, 0.25) is 11.9 Å². The summed E-state index contributed by atoms with van der Waals surface area (Å²) in [6, 6.07) is 9.37. The summed E-state index contributed by atoms with van der Waals surface area (Å²) in [6.45, 7) is 3.92. The molecule has 0 saturated carbocycles. The lowest BCUT2D eigenvalue weighted by molar-refractivity contribution is -0.120. The molecule has 0 unspecified atom stereocenters. The van der Waals surface area contributed by atoms with Gasteiger partial charge in [-0.1, -0.05) is 12.1 Å². The smallest absolute Gasteiger partial charge is 0.226 e. The van der Waals surface area contributed by atoms with Crippen LogP contribution in [0.3, 0.4) is 0 Å². The molecule has 0 aliphatic heterocycles. The van der Waals surface area contributed by atoms with E-state index in [1.165, 1.54) is 0 Å². The molecule has 1 aromatic carbocycles. The van der Waals surface area contributed by atoms with Gasteiger partial charge < -0.3 is 30.7 Å². The van der Waals surface area contributed by atoms with Crippen LogP contribution in [0.4, 0.5) is 5.95 Å². The van der Waals surface area contributed by atoms with Gasteiger partial charge in [-0.2, -0.15) is 0 Å². The summed E-state index contributed by atoms with van der Waals surface area (Å²) in [5.74, 6) is 1.93. The van der Waals surface area contributed by atoms with Crippen molar-refractivity contribution in [2.45, 2.75) is 12.8 Å². The third kappa shape index (κ3) is 8.62. The Morgan fingerprint density at radius 1 is 1.17 bits per heavy atom. The van der Waals surface area contributed by atoms with Crippen molar-refractivity contribution in [2.24, 2.45) is 5.73 Å². The van der Waals surface area contributed by atoms with Crippen LogP contribution in [0.2, 0.25) is 0 Å². The van der Waals surface area contributed by atoms with Crippen LogP contribution in [0.5, 0.6) is 11.5 Å². The molecule has 2 rings (SSSR count). The molecule has 0 radical (unpaired) electrons. The van der Waals surface area contributed by atoms with Crippen LogP contribution in [0.15, 0.2) is 36.5 Å². The fourth-order valence-corrected chi connectivity index (χ4v) is 2.73. The van der Waals surface area contributed by atoms with E-state index in [0.717, 1.165) is 37.6 Å². The Hall–Kier alpha value is -2.91. The quantitative estimate of drug-likeness (QED) is 0.390. The van der Waals surface area contributed by atoms with Crippen molar-refractivity contribution in [1.82, 2.24) is 20.2 Å². The number of likely N-dealkylation sites (N-methyl/N-ethyl adjacent to an activating group) is 1. The predicted octanol–water partition coefficient (Wildman–Crippen LogP) is 0.915. The number of amides is 1. The monoisotopic (exact) mass is 416 g/mol. The number of aromatic nitrogens is 2. The minimum Gasteiger partial charge on any atom is -0.493 e. The number of hydrogen-bond acceptors (Lipinski definition) is 8. The second-order valence-electron chi connectivity index (χ2n) is 6.77. The maximum absolute atomic E-state index is 11.8. The largest absolute Gasteiger partial charge is 0.493 e. The summed E-state index contributed by atoms with van der Waals surface area (Å²) in [5, 5.41) is 5.94.